The minimum atomic E-state index is -3.43. The van der Waals surface area contributed by atoms with E-state index in [2.05, 4.69) is 4.72 Å². The Hall–Kier alpha value is -0.640. The molecule has 0 aromatic rings. The average molecular weight is 233 g/mol. The van der Waals surface area contributed by atoms with Gasteiger partial charge in [-0.05, 0) is 13.8 Å². The van der Waals surface area contributed by atoms with Crippen molar-refractivity contribution < 1.29 is 8.42 Å². The maximum absolute atomic E-state index is 11.7. The zero-order valence-corrected chi connectivity index (χ0v) is 10.6. The Labute approximate surface area is 92.3 Å². The maximum atomic E-state index is 11.7. The molecular weight excluding hydrogens is 214 g/mol. The average Bonchev–Trinajstić information content (AvgIpc) is 2.17. The predicted octanol–water partition coefficient (Wildman–Crippen LogP) is 0.712. The molecule has 0 bridgehead atoms. The fourth-order valence-electron chi connectivity index (χ4n) is 0.966. The highest BCUT2D eigenvalue weighted by molar-refractivity contribution is 7.87. The third-order valence-electron chi connectivity index (χ3n) is 2.04. The van der Waals surface area contributed by atoms with E-state index >= 15 is 0 Å². The highest BCUT2D eigenvalue weighted by Gasteiger charge is 2.23. The highest BCUT2D eigenvalue weighted by Crippen LogP contribution is 2.11. The van der Waals surface area contributed by atoms with Crippen LogP contribution in [-0.4, -0.2) is 32.4 Å². The molecule has 0 spiro atoms. The van der Waals surface area contributed by atoms with Gasteiger partial charge in [-0.3, -0.25) is 0 Å². The molecule has 0 saturated carbocycles. The normalized spacial score (nSPS) is 12.8. The van der Waals surface area contributed by atoms with Gasteiger partial charge in [0.2, 0.25) is 0 Å². The van der Waals surface area contributed by atoms with Crippen molar-refractivity contribution >= 4 is 10.2 Å². The van der Waals surface area contributed by atoms with E-state index in [1.54, 1.807) is 27.7 Å². The molecule has 0 aliphatic rings. The van der Waals surface area contributed by atoms with Gasteiger partial charge in [0.25, 0.3) is 10.2 Å². The summed E-state index contributed by atoms with van der Waals surface area (Å²) in [6, 6.07) is 2.04. The number of nitriles is 1. The fraction of sp³-hybridized carbons (Fsp3) is 0.889. The zero-order valence-electron chi connectivity index (χ0n) is 9.74. The lowest BCUT2D eigenvalue weighted by Gasteiger charge is -2.22. The van der Waals surface area contributed by atoms with Gasteiger partial charge in [0.1, 0.15) is 0 Å². The van der Waals surface area contributed by atoms with Crippen LogP contribution in [0, 0.1) is 16.7 Å². The van der Waals surface area contributed by atoms with Crippen LogP contribution in [0.5, 0.6) is 0 Å². The lowest BCUT2D eigenvalue weighted by Crippen LogP contribution is -2.43. The maximum Gasteiger partial charge on any atom is 0.279 e. The van der Waals surface area contributed by atoms with E-state index in [1.807, 2.05) is 6.07 Å². The second-order valence-corrected chi connectivity index (χ2v) is 5.66. The largest absolute Gasteiger partial charge is 0.279 e. The Balaban J connectivity index is 4.48. The van der Waals surface area contributed by atoms with Gasteiger partial charge >= 0.3 is 0 Å². The lowest BCUT2D eigenvalue weighted by molar-refractivity contribution is 0.416. The number of hydrogen-bond acceptors (Lipinski definition) is 3. The summed E-state index contributed by atoms with van der Waals surface area (Å²) in [5.41, 5.74) is -0.680. The van der Waals surface area contributed by atoms with E-state index in [1.165, 1.54) is 4.31 Å². The van der Waals surface area contributed by atoms with Gasteiger partial charge in [-0.2, -0.15) is 18.0 Å². The van der Waals surface area contributed by atoms with Crippen molar-refractivity contribution in [2.45, 2.75) is 27.7 Å². The monoisotopic (exact) mass is 233 g/mol. The molecule has 15 heavy (non-hydrogen) atoms. The second-order valence-electron chi connectivity index (χ2n) is 3.91. The van der Waals surface area contributed by atoms with Crippen molar-refractivity contribution in [1.82, 2.24) is 9.03 Å². The topological polar surface area (TPSA) is 73.2 Å². The lowest BCUT2D eigenvalue weighted by atomic mass is 9.97. The molecule has 0 aromatic carbocycles. The molecule has 0 fully saturated rings. The van der Waals surface area contributed by atoms with E-state index in [-0.39, 0.29) is 6.54 Å². The minimum absolute atomic E-state index is 0.127. The van der Waals surface area contributed by atoms with Crippen molar-refractivity contribution in [3.05, 3.63) is 0 Å². The molecule has 0 radical (unpaired) electrons. The molecule has 5 nitrogen and oxygen atoms in total. The Kier molecular flexibility index (Phi) is 5.21. The quantitative estimate of drug-likeness (QED) is 0.734. The van der Waals surface area contributed by atoms with Crippen LogP contribution in [-0.2, 0) is 10.2 Å². The van der Waals surface area contributed by atoms with Crippen molar-refractivity contribution in [2.24, 2.45) is 5.41 Å². The third kappa shape index (κ3) is 4.60. The van der Waals surface area contributed by atoms with Gasteiger partial charge < -0.3 is 0 Å². The summed E-state index contributed by atoms with van der Waals surface area (Å²) in [6.07, 6.45) is 0. The van der Waals surface area contributed by atoms with Crippen LogP contribution in [0.4, 0.5) is 0 Å². The SMILES string of the molecule is CCN(CC)S(=O)(=O)NCC(C)(C)C#N. The first-order valence-electron chi connectivity index (χ1n) is 4.95. The summed E-state index contributed by atoms with van der Waals surface area (Å²) < 4.78 is 27.1. The standard InChI is InChI=1S/C9H19N3O2S/c1-5-12(6-2)15(13,14)11-8-9(3,4)7-10/h11H,5-6,8H2,1-4H3. The van der Waals surface area contributed by atoms with Crippen molar-refractivity contribution in [3.8, 4) is 6.07 Å². The van der Waals surface area contributed by atoms with Crippen LogP contribution in [0.15, 0.2) is 0 Å². The molecule has 88 valence electrons. The van der Waals surface area contributed by atoms with Crippen LogP contribution in [0.1, 0.15) is 27.7 Å². The van der Waals surface area contributed by atoms with Gasteiger partial charge in [-0.25, -0.2) is 4.72 Å². The van der Waals surface area contributed by atoms with Gasteiger partial charge in [0.15, 0.2) is 0 Å². The molecule has 0 aliphatic heterocycles. The van der Waals surface area contributed by atoms with Gasteiger partial charge in [0, 0.05) is 19.6 Å². The summed E-state index contributed by atoms with van der Waals surface area (Å²) >= 11 is 0. The van der Waals surface area contributed by atoms with Crippen LogP contribution in [0.25, 0.3) is 0 Å². The van der Waals surface area contributed by atoms with Crippen molar-refractivity contribution in [3.63, 3.8) is 0 Å². The fourth-order valence-corrected chi connectivity index (χ4v) is 2.37. The minimum Gasteiger partial charge on any atom is -0.201 e. The molecule has 6 heteroatoms. The molecular formula is C9H19N3O2S. The molecule has 0 rings (SSSR count). The molecule has 0 unspecified atom stereocenters. The molecule has 0 saturated heterocycles. The van der Waals surface area contributed by atoms with Crippen molar-refractivity contribution in [2.75, 3.05) is 19.6 Å². The predicted molar refractivity (Wildman–Crippen MR) is 59.2 cm³/mol. The zero-order chi connectivity index (χ0) is 12.1. The second kappa shape index (κ2) is 5.45. The molecule has 0 aromatic heterocycles. The summed E-state index contributed by atoms with van der Waals surface area (Å²) in [5.74, 6) is 0. The van der Waals surface area contributed by atoms with Gasteiger partial charge in [-0.1, -0.05) is 13.8 Å². The number of rotatable bonds is 6. The Bertz CT molecular complexity index is 326. The summed E-state index contributed by atoms with van der Waals surface area (Å²) in [5, 5.41) is 8.75. The Morgan fingerprint density at radius 3 is 2.13 bits per heavy atom. The van der Waals surface area contributed by atoms with E-state index < -0.39 is 15.6 Å². The third-order valence-corrected chi connectivity index (χ3v) is 3.75. The van der Waals surface area contributed by atoms with Crippen LogP contribution in [0.2, 0.25) is 0 Å². The van der Waals surface area contributed by atoms with E-state index in [0.29, 0.717) is 13.1 Å². The molecule has 1 N–H and O–H groups in total. The first-order chi connectivity index (χ1) is 6.79. The Morgan fingerprint density at radius 2 is 1.80 bits per heavy atom. The van der Waals surface area contributed by atoms with E-state index in [4.69, 9.17) is 5.26 Å². The van der Waals surface area contributed by atoms with Crippen LogP contribution < -0.4 is 4.72 Å². The molecule has 0 amide bonds. The summed E-state index contributed by atoms with van der Waals surface area (Å²) in [7, 11) is -3.43. The van der Waals surface area contributed by atoms with Crippen LogP contribution in [0.3, 0.4) is 0 Å². The first kappa shape index (κ1) is 14.4. The van der Waals surface area contributed by atoms with Crippen LogP contribution >= 0.6 is 0 Å². The van der Waals surface area contributed by atoms with Crippen molar-refractivity contribution in [1.29, 1.82) is 5.26 Å². The summed E-state index contributed by atoms with van der Waals surface area (Å²) in [6.45, 7) is 7.92. The first-order valence-corrected chi connectivity index (χ1v) is 6.39. The van der Waals surface area contributed by atoms with E-state index in [9.17, 15) is 8.42 Å². The van der Waals surface area contributed by atoms with Gasteiger partial charge in [0.05, 0.1) is 11.5 Å². The number of hydrogen-bond donors (Lipinski definition) is 1. The highest BCUT2D eigenvalue weighted by atomic mass is 32.2. The summed E-state index contributed by atoms with van der Waals surface area (Å²) in [4.78, 5) is 0. The number of nitrogens with one attached hydrogen (secondary N) is 1. The Morgan fingerprint density at radius 1 is 1.33 bits per heavy atom. The molecule has 0 aliphatic carbocycles. The number of nitrogens with zero attached hydrogens (tertiary/aromatic N) is 2. The van der Waals surface area contributed by atoms with E-state index in [0.717, 1.165) is 0 Å². The molecule has 0 heterocycles. The smallest absolute Gasteiger partial charge is 0.201 e. The molecule has 0 atom stereocenters. The van der Waals surface area contributed by atoms with Gasteiger partial charge in [-0.15, -0.1) is 0 Å².